The highest BCUT2D eigenvalue weighted by Gasteiger charge is 2.15. The zero-order chi connectivity index (χ0) is 11.6. The molecule has 0 aliphatic carbocycles. The average Bonchev–Trinajstić information content (AvgIpc) is 2.13. The molecule has 3 nitrogen and oxygen atoms in total. The number of carboxylic acids is 1. The van der Waals surface area contributed by atoms with Crippen molar-refractivity contribution >= 4 is 28.6 Å². The van der Waals surface area contributed by atoms with Gasteiger partial charge in [-0.3, -0.25) is 4.79 Å². The molecule has 1 rings (SSSR count). The van der Waals surface area contributed by atoms with Crippen LogP contribution in [0.1, 0.15) is 5.56 Å². The third-order valence-corrected chi connectivity index (χ3v) is 2.85. The summed E-state index contributed by atoms with van der Waals surface area (Å²) >= 11 is 1.80. The lowest BCUT2D eigenvalue weighted by atomic mass is 10.1. The van der Waals surface area contributed by atoms with E-state index in [1.807, 2.05) is 0 Å². The van der Waals surface area contributed by atoms with Crippen LogP contribution in [0.4, 0.5) is 8.78 Å². The fraction of sp³-hybridized carbons (Fsp3) is 0.222. The molecule has 0 saturated heterocycles. The molecule has 0 radical (unpaired) electrons. The van der Waals surface area contributed by atoms with E-state index >= 15 is 0 Å². The maximum Gasteiger partial charge on any atom is 0.320 e. The van der Waals surface area contributed by atoms with Crippen molar-refractivity contribution in [3.63, 3.8) is 0 Å². The Kier molecular flexibility index (Phi) is 3.97. The molecular formula is C9H8F2INO2. The summed E-state index contributed by atoms with van der Waals surface area (Å²) in [6.07, 6.45) is -0.0230. The lowest BCUT2D eigenvalue weighted by Crippen LogP contribution is -2.32. The molecule has 0 heterocycles. The number of carboxylic acid groups (broad SMARTS) is 1. The summed E-state index contributed by atoms with van der Waals surface area (Å²) in [6.45, 7) is 0. The second-order valence-corrected chi connectivity index (χ2v) is 4.17. The van der Waals surface area contributed by atoms with Gasteiger partial charge in [-0.15, -0.1) is 0 Å². The van der Waals surface area contributed by atoms with Gasteiger partial charge in [0.2, 0.25) is 0 Å². The Balaban J connectivity index is 2.95. The van der Waals surface area contributed by atoms with Gasteiger partial charge in [0, 0.05) is 3.57 Å². The van der Waals surface area contributed by atoms with Crippen molar-refractivity contribution in [2.24, 2.45) is 5.73 Å². The Morgan fingerprint density at radius 3 is 2.53 bits per heavy atom. The van der Waals surface area contributed by atoms with Gasteiger partial charge in [-0.05, 0) is 46.7 Å². The van der Waals surface area contributed by atoms with Gasteiger partial charge in [0.1, 0.15) is 6.04 Å². The Labute approximate surface area is 98.4 Å². The van der Waals surface area contributed by atoms with E-state index in [0.29, 0.717) is 9.13 Å². The molecule has 0 aliphatic rings. The van der Waals surface area contributed by atoms with Crippen LogP contribution in [0.25, 0.3) is 0 Å². The molecule has 6 heteroatoms. The van der Waals surface area contributed by atoms with Gasteiger partial charge >= 0.3 is 5.97 Å². The maximum absolute atomic E-state index is 12.8. The van der Waals surface area contributed by atoms with Crippen molar-refractivity contribution in [2.75, 3.05) is 0 Å². The summed E-state index contributed by atoms with van der Waals surface area (Å²) in [5.74, 6) is -3.12. The number of carbonyl (C=O) groups is 1. The highest BCUT2D eigenvalue weighted by atomic mass is 127. The average molecular weight is 327 g/mol. The summed E-state index contributed by atoms with van der Waals surface area (Å²) in [5, 5.41) is 8.56. The Morgan fingerprint density at radius 1 is 1.47 bits per heavy atom. The Hall–Kier alpha value is -0.760. The van der Waals surface area contributed by atoms with Crippen LogP contribution in [-0.2, 0) is 11.2 Å². The van der Waals surface area contributed by atoms with Gasteiger partial charge in [-0.1, -0.05) is 0 Å². The molecule has 0 saturated carbocycles. The second-order valence-electron chi connectivity index (χ2n) is 3.01. The predicted molar refractivity (Wildman–Crippen MR) is 58.4 cm³/mol. The van der Waals surface area contributed by atoms with E-state index in [4.69, 9.17) is 10.8 Å². The highest BCUT2D eigenvalue weighted by Crippen LogP contribution is 2.18. The van der Waals surface area contributed by atoms with Crippen LogP contribution in [0.2, 0.25) is 0 Å². The van der Waals surface area contributed by atoms with E-state index in [2.05, 4.69) is 0 Å². The molecule has 0 amide bonds. The number of hydrogen-bond acceptors (Lipinski definition) is 2. The number of aliphatic carboxylic acids is 1. The first-order valence-corrected chi connectivity index (χ1v) is 5.11. The largest absolute Gasteiger partial charge is 0.480 e. The number of nitrogens with two attached hydrogens (primary N) is 1. The molecule has 15 heavy (non-hydrogen) atoms. The Morgan fingerprint density at radius 2 is 2.00 bits per heavy atom. The number of halogens is 3. The topological polar surface area (TPSA) is 63.3 Å². The van der Waals surface area contributed by atoms with Gasteiger partial charge in [-0.25, -0.2) is 8.78 Å². The summed E-state index contributed by atoms with van der Waals surface area (Å²) in [4.78, 5) is 10.5. The molecule has 1 atom stereocenters. The second kappa shape index (κ2) is 4.84. The van der Waals surface area contributed by atoms with Crippen molar-refractivity contribution in [3.8, 4) is 0 Å². The molecule has 1 aromatic carbocycles. The standard InChI is InChI=1S/C9H8F2INO2/c10-5-1-4(2-8(13)9(14)15)7(12)3-6(5)11/h1,3,8H,2,13H2,(H,14,15)/t8-/m1/s1. The van der Waals surface area contributed by atoms with Crippen molar-refractivity contribution in [1.29, 1.82) is 0 Å². The minimum absolute atomic E-state index is 0.0230. The van der Waals surface area contributed by atoms with Crippen LogP contribution in [0, 0.1) is 15.2 Å². The summed E-state index contributed by atoms with van der Waals surface area (Å²) in [6, 6.07) is 0.878. The number of rotatable bonds is 3. The lowest BCUT2D eigenvalue weighted by Gasteiger charge is -2.08. The Bertz CT molecular complexity index is 398. The molecule has 0 aromatic heterocycles. The van der Waals surface area contributed by atoms with Crippen LogP contribution in [0.15, 0.2) is 12.1 Å². The van der Waals surface area contributed by atoms with Crippen LogP contribution in [0.5, 0.6) is 0 Å². The molecule has 1 aromatic rings. The van der Waals surface area contributed by atoms with E-state index < -0.39 is 23.6 Å². The van der Waals surface area contributed by atoms with Crippen LogP contribution < -0.4 is 5.73 Å². The van der Waals surface area contributed by atoms with Gasteiger partial charge in [0.05, 0.1) is 0 Å². The van der Waals surface area contributed by atoms with Gasteiger partial charge < -0.3 is 10.8 Å². The third-order valence-electron chi connectivity index (χ3n) is 1.85. The normalized spacial score (nSPS) is 12.5. The van der Waals surface area contributed by atoms with Crippen molar-refractivity contribution < 1.29 is 18.7 Å². The molecule has 0 unspecified atom stereocenters. The fourth-order valence-electron chi connectivity index (χ4n) is 1.04. The summed E-state index contributed by atoms with van der Waals surface area (Å²) < 4.78 is 26.0. The minimum atomic E-state index is -1.17. The molecule has 82 valence electrons. The first kappa shape index (κ1) is 12.3. The highest BCUT2D eigenvalue weighted by molar-refractivity contribution is 14.1. The van der Waals surface area contributed by atoms with Gasteiger partial charge in [0.25, 0.3) is 0 Å². The first-order valence-electron chi connectivity index (χ1n) is 4.03. The zero-order valence-corrected chi connectivity index (χ0v) is 9.66. The van der Waals surface area contributed by atoms with E-state index in [1.54, 1.807) is 22.6 Å². The lowest BCUT2D eigenvalue weighted by molar-refractivity contribution is -0.138. The minimum Gasteiger partial charge on any atom is -0.480 e. The smallest absolute Gasteiger partial charge is 0.320 e. The fourth-order valence-corrected chi connectivity index (χ4v) is 1.69. The summed E-state index contributed by atoms with van der Waals surface area (Å²) in [5.41, 5.74) is 5.68. The van der Waals surface area contributed by atoms with E-state index in [0.717, 1.165) is 12.1 Å². The van der Waals surface area contributed by atoms with E-state index in [1.165, 1.54) is 0 Å². The quantitative estimate of drug-likeness (QED) is 0.654. The number of benzene rings is 1. The van der Waals surface area contributed by atoms with Crippen LogP contribution >= 0.6 is 22.6 Å². The van der Waals surface area contributed by atoms with Crippen molar-refractivity contribution in [1.82, 2.24) is 0 Å². The van der Waals surface area contributed by atoms with Crippen LogP contribution in [-0.4, -0.2) is 17.1 Å². The van der Waals surface area contributed by atoms with Gasteiger partial charge in [-0.2, -0.15) is 0 Å². The maximum atomic E-state index is 12.8. The van der Waals surface area contributed by atoms with Gasteiger partial charge in [0.15, 0.2) is 11.6 Å². The zero-order valence-electron chi connectivity index (χ0n) is 7.51. The predicted octanol–water partition coefficient (Wildman–Crippen LogP) is 1.52. The molecule has 0 fully saturated rings. The molecular weight excluding hydrogens is 319 g/mol. The van der Waals surface area contributed by atoms with Crippen molar-refractivity contribution in [2.45, 2.75) is 12.5 Å². The third kappa shape index (κ3) is 3.10. The number of hydrogen-bond donors (Lipinski definition) is 2. The van der Waals surface area contributed by atoms with E-state index in [9.17, 15) is 13.6 Å². The SMILES string of the molecule is N[C@H](Cc1cc(F)c(F)cc1I)C(=O)O. The van der Waals surface area contributed by atoms with Crippen molar-refractivity contribution in [3.05, 3.63) is 32.9 Å². The van der Waals surface area contributed by atoms with Crippen LogP contribution in [0.3, 0.4) is 0 Å². The molecule has 0 aliphatic heterocycles. The monoisotopic (exact) mass is 327 g/mol. The molecule has 0 bridgehead atoms. The molecule has 0 spiro atoms. The first-order chi connectivity index (χ1) is 6.91. The molecule has 3 N–H and O–H groups in total. The van der Waals surface area contributed by atoms with E-state index in [-0.39, 0.29) is 6.42 Å². The summed E-state index contributed by atoms with van der Waals surface area (Å²) in [7, 11) is 0.